The lowest BCUT2D eigenvalue weighted by Gasteiger charge is -2.05. The zero-order valence-electron chi connectivity index (χ0n) is 10.0. The quantitative estimate of drug-likeness (QED) is 0.927. The lowest BCUT2D eigenvalue weighted by Crippen LogP contribution is -2.01. The molecular weight excluding hydrogens is 260 g/mol. The van der Waals surface area contributed by atoms with Crippen LogP contribution in [-0.2, 0) is 0 Å². The van der Waals surface area contributed by atoms with Crippen molar-refractivity contribution >= 4 is 5.97 Å². The van der Waals surface area contributed by atoms with Gasteiger partial charge in [-0.1, -0.05) is 5.16 Å². The Hall–Kier alpha value is -2.44. The summed E-state index contributed by atoms with van der Waals surface area (Å²) in [5.41, 5.74) is -0.861. The molecule has 1 aromatic heterocycles. The number of halogens is 2. The Balaban J connectivity index is 2.66. The van der Waals surface area contributed by atoms with E-state index < -0.39 is 17.6 Å². The van der Waals surface area contributed by atoms with Crippen molar-refractivity contribution in [2.75, 3.05) is 7.11 Å². The number of aromatic nitrogens is 1. The SMILES string of the molecule is COc1cc(F)c(-c2noc(C)c2C(=O)O)cc1F. The summed E-state index contributed by atoms with van der Waals surface area (Å²) in [5.74, 6) is -3.27. The van der Waals surface area contributed by atoms with Crippen molar-refractivity contribution in [1.82, 2.24) is 5.16 Å². The van der Waals surface area contributed by atoms with Gasteiger partial charge in [0.1, 0.15) is 22.8 Å². The van der Waals surface area contributed by atoms with E-state index in [9.17, 15) is 13.6 Å². The highest BCUT2D eigenvalue weighted by atomic mass is 19.1. The molecule has 0 aliphatic heterocycles. The molecule has 0 fully saturated rings. The molecular formula is C12H9F2NO4. The molecule has 1 heterocycles. The van der Waals surface area contributed by atoms with Gasteiger partial charge in [-0.05, 0) is 13.0 Å². The lowest BCUT2D eigenvalue weighted by atomic mass is 10.1. The summed E-state index contributed by atoms with van der Waals surface area (Å²) in [6.45, 7) is 1.37. The minimum Gasteiger partial charge on any atom is -0.494 e. The first-order valence-electron chi connectivity index (χ1n) is 5.18. The Morgan fingerprint density at radius 3 is 2.63 bits per heavy atom. The normalized spacial score (nSPS) is 10.5. The number of aromatic carboxylic acids is 1. The van der Waals surface area contributed by atoms with Crippen molar-refractivity contribution in [2.24, 2.45) is 0 Å². The van der Waals surface area contributed by atoms with E-state index in [1.54, 1.807) is 0 Å². The Morgan fingerprint density at radius 1 is 1.37 bits per heavy atom. The first kappa shape index (κ1) is 13.0. The first-order valence-corrected chi connectivity index (χ1v) is 5.18. The van der Waals surface area contributed by atoms with E-state index in [1.165, 1.54) is 14.0 Å². The van der Waals surface area contributed by atoms with Gasteiger partial charge in [0.25, 0.3) is 0 Å². The van der Waals surface area contributed by atoms with Crippen LogP contribution in [0.2, 0.25) is 0 Å². The molecule has 0 unspecified atom stereocenters. The number of hydrogen-bond donors (Lipinski definition) is 1. The highest BCUT2D eigenvalue weighted by Gasteiger charge is 2.24. The average Bonchev–Trinajstić information content (AvgIpc) is 2.73. The van der Waals surface area contributed by atoms with Crippen molar-refractivity contribution < 1.29 is 27.9 Å². The number of nitrogens with zero attached hydrogens (tertiary/aromatic N) is 1. The van der Waals surface area contributed by atoms with Crippen LogP contribution >= 0.6 is 0 Å². The van der Waals surface area contributed by atoms with Crippen LogP contribution < -0.4 is 4.74 Å². The average molecular weight is 269 g/mol. The zero-order chi connectivity index (χ0) is 14.2. The molecule has 0 aliphatic carbocycles. The number of hydrogen-bond acceptors (Lipinski definition) is 4. The highest BCUT2D eigenvalue weighted by Crippen LogP contribution is 2.31. The van der Waals surface area contributed by atoms with Crippen LogP contribution in [0.15, 0.2) is 16.7 Å². The van der Waals surface area contributed by atoms with Gasteiger partial charge in [-0.15, -0.1) is 0 Å². The standard InChI is InChI=1S/C12H9F2NO4/c1-5-10(12(16)17)11(15-19-5)6-3-8(14)9(18-2)4-7(6)13/h3-4H,1-2H3,(H,16,17). The predicted octanol–water partition coefficient (Wildman–Crippen LogP) is 2.64. The van der Waals surface area contributed by atoms with Gasteiger partial charge in [0.2, 0.25) is 0 Å². The summed E-state index contributed by atoms with van der Waals surface area (Å²) >= 11 is 0. The summed E-state index contributed by atoms with van der Waals surface area (Å²) in [7, 11) is 1.19. The number of benzene rings is 1. The molecule has 0 radical (unpaired) electrons. The smallest absolute Gasteiger partial charge is 0.341 e. The number of carbonyl (C=O) groups is 1. The fourth-order valence-electron chi connectivity index (χ4n) is 1.67. The third kappa shape index (κ3) is 2.14. The van der Waals surface area contributed by atoms with E-state index in [2.05, 4.69) is 9.89 Å². The summed E-state index contributed by atoms with van der Waals surface area (Å²) in [5, 5.41) is 12.5. The second-order valence-corrected chi connectivity index (χ2v) is 3.73. The van der Waals surface area contributed by atoms with Gasteiger partial charge in [0.05, 0.1) is 7.11 Å². The molecule has 0 atom stereocenters. The number of methoxy groups -OCH3 is 1. The molecule has 19 heavy (non-hydrogen) atoms. The van der Waals surface area contributed by atoms with Crippen molar-refractivity contribution in [3.8, 4) is 17.0 Å². The molecule has 1 aromatic carbocycles. The molecule has 1 N–H and O–H groups in total. The Labute approximate surface area is 106 Å². The molecule has 5 nitrogen and oxygen atoms in total. The molecule has 2 aromatic rings. The van der Waals surface area contributed by atoms with Crippen molar-refractivity contribution in [1.29, 1.82) is 0 Å². The van der Waals surface area contributed by atoms with Crippen molar-refractivity contribution in [3.63, 3.8) is 0 Å². The molecule has 0 saturated carbocycles. The van der Waals surface area contributed by atoms with E-state index in [-0.39, 0.29) is 28.3 Å². The van der Waals surface area contributed by atoms with E-state index in [1.807, 2.05) is 0 Å². The molecule has 0 saturated heterocycles. The maximum atomic E-state index is 13.8. The van der Waals surface area contributed by atoms with E-state index in [0.29, 0.717) is 0 Å². The largest absolute Gasteiger partial charge is 0.494 e. The van der Waals surface area contributed by atoms with E-state index >= 15 is 0 Å². The Bertz CT molecular complexity index is 651. The van der Waals surface area contributed by atoms with Crippen LogP contribution in [0, 0.1) is 18.6 Å². The van der Waals surface area contributed by atoms with Gasteiger partial charge in [-0.25, -0.2) is 13.6 Å². The third-order valence-electron chi connectivity index (χ3n) is 2.57. The van der Waals surface area contributed by atoms with Gasteiger partial charge in [-0.3, -0.25) is 0 Å². The minimum absolute atomic E-state index is 0.0122. The summed E-state index contributed by atoms with van der Waals surface area (Å²) in [6, 6.07) is 1.64. The van der Waals surface area contributed by atoms with Gasteiger partial charge in [0.15, 0.2) is 11.6 Å². The zero-order valence-corrected chi connectivity index (χ0v) is 10.0. The first-order chi connectivity index (χ1) is 8.95. The van der Waals surface area contributed by atoms with Crippen LogP contribution in [-0.4, -0.2) is 23.3 Å². The van der Waals surface area contributed by atoms with Crippen LogP contribution in [0.1, 0.15) is 16.1 Å². The fourth-order valence-corrected chi connectivity index (χ4v) is 1.67. The fraction of sp³-hybridized carbons (Fsp3) is 0.167. The van der Waals surface area contributed by atoms with Crippen LogP contribution in [0.4, 0.5) is 8.78 Å². The Morgan fingerprint density at radius 2 is 2.05 bits per heavy atom. The second kappa shape index (κ2) is 4.68. The van der Waals surface area contributed by atoms with E-state index in [0.717, 1.165) is 12.1 Å². The Kier molecular flexibility index (Phi) is 3.20. The van der Waals surface area contributed by atoms with Crippen LogP contribution in [0.5, 0.6) is 5.75 Å². The number of aryl methyl sites for hydroxylation is 1. The maximum absolute atomic E-state index is 13.8. The van der Waals surface area contributed by atoms with E-state index in [4.69, 9.17) is 9.63 Å². The minimum atomic E-state index is -1.33. The van der Waals surface area contributed by atoms with Gasteiger partial charge < -0.3 is 14.4 Å². The number of ether oxygens (including phenoxy) is 1. The van der Waals surface area contributed by atoms with Gasteiger partial charge in [0, 0.05) is 11.6 Å². The highest BCUT2D eigenvalue weighted by molar-refractivity contribution is 5.95. The van der Waals surface area contributed by atoms with Gasteiger partial charge in [-0.2, -0.15) is 0 Å². The summed E-state index contributed by atoms with van der Waals surface area (Å²) in [4.78, 5) is 11.1. The molecule has 0 spiro atoms. The number of carboxylic acid groups (broad SMARTS) is 1. The molecule has 100 valence electrons. The van der Waals surface area contributed by atoms with Crippen molar-refractivity contribution in [3.05, 3.63) is 35.1 Å². The molecule has 0 bridgehead atoms. The summed E-state index contributed by atoms with van der Waals surface area (Å²) in [6.07, 6.45) is 0. The lowest BCUT2D eigenvalue weighted by molar-refractivity contribution is 0.0695. The van der Waals surface area contributed by atoms with Crippen LogP contribution in [0.25, 0.3) is 11.3 Å². The number of rotatable bonds is 3. The second-order valence-electron chi connectivity index (χ2n) is 3.73. The molecule has 2 rings (SSSR count). The molecule has 0 amide bonds. The molecule has 7 heteroatoms. The molecule has 0 aliphatic rings. The van der Waals surface area contributed by atoms with Crippen molar-refractivity contribution in [2.45, 2.75) is 6.92 Å². The topological polar surface area (TPSA) is 72.6 Å². The predicted molar refractivity (Wildman–Crippen MR) is 60.1 cm³/mol. The number of carboxylic acids is 1. The third-order valence-corrected chi connectivity index (χ3v) is 2.57. The maximum Gasteiger partial charge on any atom is 0.341 e. The van der Waals surface area contributed by atoms with Gasteiger partial charge >= 0.3 is 5.97 Å². The van der Waals surface area contributed by atoms with Crippen LogP contribution in [0.3, 0.4) is 0 Å². The summed E-state index contributed by atoms with van der Waals surface area (Å²) < 4.78 is 36.7. The monoisotopic (exact) mass is 269 g/mol.